The van der Waals surface area contributed by atoms with Crippen molar-refractivity contribution in [2.75, 3.05) is 32.6 Å². The second-order valence-electron chi connectivity index (χ2n) is 6.14. The molecule has 1 unspecified atom stereocenters. The number of fused-ring (bicyclic) bond motifs is 1. The second kappa shape index (κ2) is 7.96. The van der Waals surface area contributed by atoms with Crippen molar-refractivity contribution in [1.29, 1.82) is 0 Å². The zero-order valence-electron chi connectivity index (χ0n) is 14.5. The normalized spacial score (nSPS) is 12.5. The Balaban J connectivity index is 1.52. The number of anilines is 1. The average Bonchev–Trinajstić information content (AvgIpc) is 3.02. The van der Waals surface area contributed by atoms with Gasteiger partial charge in [0.25, 0.3) is 0 Å². The van der Waals surface area contributed by atoms with Crippen LogP contribution in [0.5, 0.6) is 5.75 Å². The van der Waals surface area contributed by atoms with Crippen LogP contribution >= 0.6 is 0 Å². The number of nitrogens with zero attached hydrogens (tertiary/aromatic N) is 4. The van der Waals surface area contributed by atoms with Gasteiger partial charge >= 0.3 is 0 Å². The Morgan fingerprint density at radius 3 is 2.80 bits per heavy atom. The van der Waals surface area contributed by atoms with E-state index in [0.29, 0.717) is 18.9 Å². The Labute approximate surface area is 146 Å². The number of hydrogen-bond donors (Lipinski definition) is 2. The molecule has 7 heteroatoms. The minimum atomic E-state index is -0.503. The topological polar surface area (TPSA) is 74.9 Å². The van der Waals surface area contributed by atoms with Crippen LogP contribution in [0.2, 0.25) is 0 Å². The first-order valence-corrected chi connectivity index (χ1v) is 8.18. The minimum absolute atomic E-state index is 0.278. The summed E-state index contributed by atoms with van der Waals surface area (Å²) in [4.78, 5) is 10.4. The lowest BCUT2D eigenvalue weighted by Crippen LogP contribution is -2.30. The first-order chi connectivity index (χ1) is 12.1. The minimum Gasteiger partial charge on any atom is -0.491 e. The van der Waals surface area contributed by atoms with Gasteiger partial charge in [0, 0.05) is 24.6 Å². The van der Waals surface area contributed by atoms with E-state index in [4.69, 9.17) is 4.74 Å². The van der Waals surface area contributed by atoms with Crippen molar-refractivity contribution < 1.29 is 9.84 Å². The van der Waals surface area contributed by atoms with Gasteiger partial charge < -0.3 is 20.1 Å². The Morgan fingerprint density at radius 1 is 1.24 bits per heavy atom. The van der Waals surface area contributed by atoms with Crippen LogP contribution in [0.25, 0.3) is 5.78 Å². The van der Waals surface area contributed by atoms with Gasteiger partial charge in [0.05, 0.1) is 18.4 Å². The number of aliphatic hydroxyl groups is 1. The molecule has 0 fully saturated rings. The van der Waals surface area contributed by atoms with E-state index in [-0.39, 0.29) is 6.61 Å². The molecule has 0 aliphatic rings. The lowest BCUT2D eigenvalue weighted by molar-refractivity contribution is 0.0831. The summed E-state index contributed by atoms with van der Waals surface area (Å²) in [7, 11) is 3.84. The monoisotopic (exact) mass is 341 g/mol. The van der Waals surface area contributed by atoms with Crippen LogP contribution in [0.3, 0.4) is 0 Å². The molecule has 0 amide bonds. The van der Waals surface area contributed by atoms with Crippen molar-refractivity contribution in [2.45, 2.75) is 12.6 Å². The van der Waals surface area contributed by atoms with Gasteiger partial charge in [-0.2, -0.15) is 0 Å². The molecule has 0 saturated carbocycles. The van der Waals surface area contributed by atoms with Crippen LogP contribution in [0.15, 0.2) is 48.9 Å². The van der Waals surface area contributed by atoms with Gasteiger partial charge in [0.1, 0.15) is 18.5 Å². The van der Waals surface area contributed by atoms with Gasteiger partial charge in [-0.25, -0.2) is 9.97 Å². The number of imidazole rings is 1. The summed E-state index contributed by atoms with van der Waals surface area (Å²) in [6, 6.07) is 9.57. The first-order valence-electron chi connectivity index (χ1n) is 8.18. The van der Waals surface area contributed by atoms with E-state index < -0.39 is 6.10 Å². The second-order valence-corrected chi connectivity index (χ2v) is 6.14. The van der Waals surface area contributed by atoms with Crippen LogP contribution in [-0.2, 0) is 6.54 Å². The number of hydrogen-bond acceptors (Lipinski definition) is 6. The first kappa shape index (κ1) is 17.2. The maximum absolute atomic E-state index is 9.82. The molecule has 1 atom stereocenters. The average molecular weight is 341 g/mol. The highest BCUT2D eigenvalue weighted by molar-refractivity contribution is 5.47. The Bertz CT molecular complexity index is 801. The van der Waals surface area contributed by atoms with E-state index >= 15 is 0 Å². The molecule has 0 saturated heterocycles. The van der Waals surface area contributed by atoms with Gasteiger partial charge in [-0.15, -0.1) is 0 Å². The van der Waals surface area contributed by atoms with Gasteiger partial charge in [-0.3, -0.25) is 4.40 Å². The van der Waals surface area contributed by atoms with Crippen molar-refractivity contribution in [2.24, 2.45) is 0 Å². The van der Waals surface area contributed by atoms with Crippen molar-refractivity contribution in [3.63, 3.8) is 0 Å². The van der Waals surface area contributed by atoms with Crippen LogP contribution in [0.1, 0.15) is 5.69 Å². The van der Waals surface area contributed by atoms with Crippen molar-refractivity contribution in [1.82, 2.24) is 19.3 Å². The van der Waals surface area contributed by atoms with Gasteiger partial charge in [0.2, 0.25) is 5.78 Å². The fourth-order valence-corrected chi connectivity index (χ4v) is 2.54. The van der Waals surface area contributed by atoms with E-state index in [9.17, 15) is 5.11 Å². The predicted octanol–water partition coefficient (Wildman–Crippen LogP) is 1.64. The summed E-state index contributed by atoms with van der Waals surface area (Å²) >= 11 is 0. The molecule has 25 heavy (non-hydrogen) atoms. The molecule has 3 rings (SSSR count). The third-order valence-electron chi connectivity index (χ3n) is 3.71. The molecular weight excluding hydrogens is 318 g/mol. The van der Waals surface area contributed by atoms with E-state index in [1.54, 1.807) is 6.20 Å². The lowest BCUT2D eigenvalue weighted by Gasteiger charge is -2.16. The maximum Gasteiger partial charge on any atom is 0.233 e. The van der Waals surface area contributed by atoms with Crippen molar-refractivity contribution in [3.05, 3.63) is 54.6 Å². The Hall–Kier alpha value is -2.64. The molecule has 2 heterocycles. The van der Waals surface area contributed by atoms with Crippen LogP contribution in [0, 0.1) is 0 Å². The standard InChI is InChI=1S/C18H23N5O2/c1-22(2)12-16(24)13-25-17-6-4-14(5-7-17)20-10-15-11-21-18-19-8-3-9-23(15)18/h3-9,11,16,20,24H,10,12-13H2,1-2H3. The third-order valence-corrected chi connectivity index (χ3v) is 3.71. The highest BCUT2D eigenvalue weighted by Gasteiger charge is 2.07. The molecule has 2 N–H and O–H groups in total. The van der Waals surface area contributed by atoms with Crippen LogP contribution in [-0.4, -0.2) is 57.7 Å². The largest absolute Gasteiger partial charge is 0.491 e. The zero-order valence-corrected chi connectivity index (χ0v) is 14.5. The highest BCUT2D eigenvalue weighted by atomic mass is 16.5. The molecule has 0 spiro atoms. The lowest BCUT2D eigenvalue weighted by atomic mass is 10.3. The van der Waals surface area contributed by atoms with E-state index in [0.717, 1.165) is 17.1 Å². The van der Waals surface area contributed by atoms with Crippen LogP contribution < -0.4 is 10.1 Å². The number of aliphatic hydroxyl groups excluding tert-OH is 1. The molecule has 3 aromatic rings. The zero-order chi connectivity index (χ0) is 17.6. The molecule has 1 aromatic carbocycles. The number of rotatable bonds is 8. The summed E-state index contributed by atoms with van der Waals surface area (Å²) in [5, 5.41) is 13.2. The highest BCUT2D eigenvalue weighted by Crippen LogP contribution is 2.17. The molecule has 7 nitrogen and oxygen atoms in total. The number of nitrogens with one attached hydrogen (secondary N) is 1. The number of likely N-dealkylation sites (N-methyl/N-ethyl adjacent to an activating group) is 1. The molecule has 2 aromatic heterocycles. The summed E-state index contributed by atoms with van der Waals surface area (Å²) in [6.45, 7) is 1.50. The quantitative estimate of drug-likeness (QED) is 0.649. The van der Waals surface area contributed by atoms with Crippen molar-refractivity contribution in [3.8, 4) is 5.75 Å². The van der Waals surface area contributed by atoms with Gasteiger partial charge in [-0.05, 0) is 44.4 Å². The Kier molecular flexibility index (Phi) is 5.47. The summed E-state index contributed by atoms with van der Waals surface area (Å²) < 4.78 is 7.56. The van der Waals surface area contributed by atoms with Gasteiger partial charge in [0.15, 0.2) is 0 Å². The SMILES string of the molecule is CN(C)CC(O)COc1ccc(NCc2cnc3ncccn23)cc1. The Morgan fingerprint density at radius 2 is 2.04 bits per heavy atom. The fraction of sp³-hybridized carbons (Fsp3) is 0.333. The number of benzene rings is 1. The van der Waals surface area contributed by atoms with E-state index in [1.165, 1.54) is 0 Å². The number of ether oxygens (including phenoxy) is 1. The predicted molar refractivity (Wildman–Crippen MR) is 96.8 cm³/mol. The fourth-order valence-electron chi connectivity index (χ4n) is 2.54. The molecule has 0 bridgehead atoms. The smallest absolute Gasteiger partial charge is 0.233 e. The molecule has 0 aliphatic carbocycles. The van der Waals surface area contributed by atoms with E-state index in [2.05, 4.69) is 15.3 Å². The molecule has 132 valence electrons. The summed E-state index contributed by atoms with van der Waals surface area (Å²) in [5.74, 6) is 1.43. The van der Waals surface area contributed by atoms with Gasteiger partial charge in [-0.1, -0.05) is 0 Å². The number of aromatic nitrogens is 3. The molecule has 0 aliphatic heterocycles. The molecule has 0 radical (unpaired) electrons. The summed E-state index contributed by atoms with van der Waals surface area (Å²) in [6.07, 6.45) is 4.99. The van der Waals surface area contributed by atoms with Crippen molar-refractivity contribution >= 4 is 11.5 Å². The molecular formula is C18H23N5O2. The third kappa shape index (κ3) is 4.68. The summed E-state index contributed by atoms with van der Waals surface area (Å²) in [5.41, 5.74) is 2.02. The van der Waals surface area contributed by atoms with E-state index in [1.807, 2.05) is 66.1 Å². The van der Waals surface area contributed by atoms with Crippen LogP contribution in [0.4, 0.5) is 5.69 Å². The maximum atomic E-state index is 9.82.